The number of hydrogen-bond donors (Lipinski definition) is 0. The fourth-order valence-corrected chi connectivity index (χ4v) is 3.25. The fourth-order valence-electron chi connectivity index (χ4n) is 3.25. The Morgan fingerprint density at radius 2 is 1.97 bits per heavy atom. The fraction of sp³-hybridized carbons (Fsp3) is 0.333. The van der Waals surface area contributed by atoms with Gasteiger partial charge in [0.1, 0.15) is 0 Å². The molecule has 6 heteroatoms. The maximum absolute atomic E-state index is 12.4. The third-order valence-corrected chi connectivity index (χ3v) is 4.88. The molecule has 0 saturated carbocycles. The van der Waals surface area contributed by atoms with Crippen molar-refractivity contribution in [2.45, 2.75) is 26.2 Å². The summed E-state index contributed by atoms with van der Waals surface area (Å²) in [5.41, 5.74) is 2.79. The van der Waals surface area contributed by atoms with Crippen LogP contribution in [0, 0.1) is 0 Å². The minimum absolute atomic E-state index is 0.225. The first-order valence-corrected chi connectivity index (χ1v) is 10.2. The Hall–Kier alpha value is -3.28. The van der Waals surface area contributed by atoms with Crippen LogP contribution in [0.5, 0.6) is 11.5 Å². The number of para-hydroxylation sites is 1. The molecular weight excluding hydrogens is 382 g/mol. The number of hydrogen-bond acceptors (Lipinski definition) is 5. The van der Waals surface area contributed by atoms with E-state index >= 15 is 0 Å². The van der Waals surface area contributed by atoms with Crippen molar-refractivity contribution in [3.05, 3.63) is 59.7 Å². The van der Waals surface area contributed by atoms with Gasteiger partial charge in [0.05, 0.1) is 13.7 Å². The van der Waals surface area contributed by atoms with Gasteiger partial charge in [-0.2, -0.15) is 0 Å². The number of rotatable bonds is 9. The molecule has 2 aromatic rings. The summed E-state index contributed by atoms with van der Waals surface area (Å²) in [4.78, 5) is 26.1. The van der Waals surface area contributed by atoms with Crippen molar-refractivity contribution in [1.29, 1.82) is 0 Å². The van der Waals surface area contributed by atoms with Gasteiger partial charge in [-0.25, -0.2) is 4.79 Å². The predicted molar refractivity (Wildman–Crippen MR) is 116 cm³/mol. The number of carbonyl (C=O) groups is 2. The molecule has 0 N–H and O–H groups in total. The van der Waals surface area contributed by atoms with E-state index in [0.717, 1.165) is 36.1 Å². The summed E-state index contributed by atoms with van der Waals surface area (Å²) in [6.07, 6.45) is 5.76. The summed E-state index contributed by atoms with van der Waals surface area (Å²) in [6, 6.07) is 13.2. The third kappa shape index (κ3) is 5.41. The van der Waals surface area contributed by atoms with E-state index in [-0.39, 0.29) is 12.5 Å². The average molecular weight is 409 g/mol. The zero-order valence-corrected chi connectivity index (χ0v) is 17.4. The molecule has 0 aliphatic carbocycles. The van der Waals surface area contributed by atoms with Gasteiger partial charge in [0.15, 0.2) is 18.1 Å². The second-order valence-corrected chi connectivity index (χ2v) is 6.98. The molecule has 1 heterocycles. The quantitative estimate of drug-likeness (QED) is 0.356. The van der Waals surface area contributed by atoms with E-state index in [1.54, 1.807) is 24.2 Å². The van der Waals surface area contributed by atoms with Crippen LogP contribution in [0.25, 0.3) is 6.08 Å². The number of unbranched alkanes of at least 4 members (excludes halogenated alkanes) is 1. The zero-order valence-electron chi connectivity index (χ0n) is 17.4. The van der Waals surface area contributed by atoms with E-state index in [2.05, 4.69) is 6.92 Å². The monoisotopic (exact) mass is 409 g/mol. The van der Waals surface area contributed by atoms with Crippen LogP contribution in [-0.2, 0) is 20.7 Å². The van der Waals surface area contributed by atoms with Gasteiger partial charge in [0.25, 0.3) is 5.91 Å². The van der Waals surface area contributed by atoms with Gasteiger partial charge in [-0.05, 0) is 48.2 Å². The van der Waals surface area contributed by atoms with E-state index in [1.807, 2.05) is 36.4 Å². The molecule has 2 aromatic carbocycles. The van der Waals surface area contributed by atoms with Crippen molar-refractivity contribution >= 4 is 23.6 Å². The van der Waals surface area contributed by atoms with E-state index in [9.17, 15) is 9.59 Å². The van der Waals surface area contributed by atoms with Gasteiger partial charge in [0, 0.05) is 18.3 Å². The molecular formula is C24H27NO5. The Morgan fingerprint density at radius 1 is 1.13 bits per heavy atom. The molecule has 0 atom stereocenters. The SMILES string of the molecule is CCCCOc1ccc(/C=C/C(=O)OCC(=O)N2CCc3ccccc32)cc1OC. The average Bonchev–Trinajstić information content (AvgIpc) is 3.21. The lowest BCUT2D eigenvalue weighted by atomic mass is 10.2. The molecule has 6 nitrogen and oxygen atoms in total. The van der Waals surface area contributed by atoms with Crippen LogP contribution in [0.2, 0.25) is 0 Å². The zero-order chi connectivity index (χ0) is 21.3. The molecule has 0 radical (unpaired) electrons. The van der Waals surface area contributed by atoms with E-state index in [0.29, 0.717) is 24.7 Å². The highest BCUT2D eigenvalue weighted by molar-refractivity contribution is 5.98. The van der Waals surface area contributed by atoms with Crippen molar-refractivity contribution in [2.24, 2.45) is 0 Å². The molecule has 0 fully saturated rings. The molecule has 1 amide bonds. The topological polar surface area (TPSA) is 65.1 Å². The molecule has 0 spiro atoms. The number of ether oxygens (including phenoxy) is 3. The summed E-state index contributed by atoms with van der Waals surface area (Å²) >= 11 is 0. The highest BCUT2D eigenvalue weighted by Crippen LogP contribution is 2.29. The largest absolute Gasteiger partial charge is 0.493 e. The second kappa shape index (κ2) is 10.5. The van der Waals surface area contributed by atoms with Crippen molar-refractivity contribution < 1.29 is 23.8 Å². The highest BCUT2D eigenvalue weighted by atomic mass is 16.5. The maximum Gasteiger partial charge on any atom is 0.331 e. The molecule has 0 saturated heterocycles. The van der Waals surface area contributed by atoms with Crippen LogP contribution < -0.4 is 14.4 Å². The smallest absolute Gasteiger partial charge is 0.331 e. The second-order valence-electron chi connectivity index (χ2n) is 6.98. The van der Waals surface area contributed by atoms with Gasteiger partial charge in [0.2, 0.25) is 0 Å². The van der Waals surface area contributed by atoms with Crippen LogP contribution in [0.4, 0.5) is 5.69 Å². The Morgan fingerprint density at radius 3 is 2.77 bits per heavy atom. The molecule has 0 unspecified atom stereocenters. The van der Waals surface area contributed by atoms with Crippen molar-refractivity contribution in [3.63, 3.8) is 0 Å². The van der Waals surface area contributed by atoms with E-state index in [4.69, 9.17) is 14.2 Å². The first kappa shape index (κ1) is 21.4. The standard InChI is InChI=1S/C24H27NO5/c1-3-4-15-29-21-11-9-18(16-22(21)28-2)10-12-24(27)30-17-23(26)25-14-13-19-7-5-6-8-20(19)25/h5-12,16H,3-4,13-15,17H2,1-2H3/b12-10+. The van der Waals surface area contributed by atoms with Crippen molar-refractivity contribution in [1.82, 2.24) is 0 Å². The van der Waals surface area contributed by atoms with Crippen LogP contribution in [0.1, 0.15) is 30.9 Å². The first-order valence-electron chi connectivity index (χ1n) is 10.2. The molecule has 0 bridgehead atoms. The van der Waals surface area contributed by atoms with Crippen molar-refractivity contribution in [2.75, 3.05) is 31.8 Å². The first-order chi connectivity index (χ1) is 14.6. The maximum atomic E-state index is 12.4. The van der Waals surface area contributed by atoms with Crippen LogP contribution >= 0.6 is 0 Å². The summed E-state index contributed by atoms with van der Waals surface area (Å²) in [5, 5.41) is 0. The normalized spacial score (nSPS) is 12.7. The minimum atomic E-state index is -0.571. The Bertz CT molecular complexity index is 922. The molecule has 30 heavy (non-hydrogen) atoms. The van der Waals surface area contributed by atoms with Gasteiger partial charge in [-0.3, -0.25) is 4.79 Å². The minimum Gasteiger partial charge on any atom is -0.493 e. The van der Waals surface area contributed by atoms with Crippen molar-refractivity contribution in [3.8, 4) is 11.5 Å². The van der Waals surface area contributed by atoms with Gasteiger partial charge in [-0.1, -0.05) is 37.6 Å². The Labute approximate surface area is 177 Å². The number of nitrogens with zero attached hydrogens (tertiary/aromatic N) is 1. The lowest BCUT2D eigenvalue weighted by Crippen LogP contribution is -2.33. The number of benzene rings is 2. The highest BCUT2D eigenvalue weighted by Gasteiger charge is 2.24. The number of amides is 1. The number of esters is 1. The summed E-state index contributed by atoms with van der Waals surface area (Å²) in [7, 11) is 1.58. The van der Waals surface area contributed by atoms with Crippen LogP contribution in [-0.4, -0.2) is 38.7 Å². The van der Waals surface area contributed by atoms with Gasteiger partial charge < -0.3 is 19.1 Å². The molecule has 158 valence electrons. The number of fused-ring (bicyclic) bond motifs is 1. The van der Waals surface area contributed by atoms with E-state index < -0.39 is 5.97 Å². The number of anilines is 1. The molecule has 3 rings (SSSR count). The lowest BCUT2D eigenvalue weighted by molar-refractivity contribution is -0.142. The lowest BCUT2D eigenvalue weighted by Gasteiger charge is -2.16. The molecule has 1 aliphatic rings. The van der Waals surface area contributed by atoms with Crippen LogP contribution in [0.15, 0.2) is 48.5 Å². The molecule has 0 aromatic heterocycles. The molecule has 1 aliphatic heterocycles. The summed E-state index contributed by atoms with van der Waals surface area (Å²) < 4.78 is 16.2. The van der Waals surface area contributed by atoms with E-state index in [1.165, 1.54) is 6.08 Å². The Kier molecular flexibility index (Phi) is 7.49. The number of methoxy groups -OCH3 is 1. The van der Waals surface area contributed by atoms with Crippen LogP contribution in [0.3, 0.4) is 0 Å². The Balaban J connectivity index is 1.53. The van der Waals surface area contributed by atoms with Gasteiger partial charge >= 0.3 is 5.97 Å². The number of carbonyl (C=O) groups excluding carboxylic acids is 2. The third-order valence-electron chi connectivity index (χ3n) is 4.88. The predicted octanol–water partition coefficient (Wildman–Crippen LogP) is 4.02. The van der Waals surface area contributed by atoms with Gasteiger partial charge in [-0.15, -0.1) is 0 Å². The summed E-state index contributed by atoms with van der Waals surface area (Å²) in [5.74, 6) is 0.474. The summed E-state index contributed by atoms with van der Waals surface area (Å²) in [6.45, 7) is 3.05.